The van der Waals surface area contributed by atoms with Crippen LogP contribution in [0.25, 0.3) is 12.2 Å². The summed E-state index contributed by atoms with van der Waals surface area (Å²) in [5.41, 5.74) is 8.40. The molecule has 4 aromatic carbocycles. The lowest BCUT2D eigenvalue weighted by atomic mass is 10.1. The summed E-state index contributed by atoms with van der Waals surface area (Å²) in [5, 5.41) is 0. The third kappa shape index (κ3) is 4.64. The van der Waals surface area contributed by atoms with Crippen LogP contribution in [0.2, 0.25) is 0 Å². The first kappa shape index (κ1) is 18.8. The largest absolute Gasteiger partial charge is 0.311 e. The lowest BCUT2D eigenvalue weighted by Gasteiger charge is -2.25. The van der Waals surface area contributed by atoms with Crippen molar-refractivity contribution in [2.75, 3.05) is 4.90 Å². The van der Waals surface area contributed by atoms with E-state index in [2.05, 4.69) is 134 Å². The van der Waals surface area contributed by atoms with Gasteiger partial charge in [-0.25, -0.2) is 0 Å². The fourth-order valence-corrected chi connectivity index (χ4v) is 3.32. The molecule has 0 spiro atoms. The summed E-state index contributed by atoms with van der Waals surface area (Å²) in [5.74, 6) is 0. The minimum Gasteiger partial charge on any atom is -0.311 e. The zero-order valence-electron chi connectivity index (χ0n) is 16.9. The maximum atomic E-state index is 2.28. The van der Waals surface area contributed by atoms with Gasteiger partial charge in [-0.15, -0.1) is 0 Å². The predicted molar refractivity (Wildman–Crippen MR) is 126 cm³/mol. The van der Waals surface area contributed by atoms with Crippen molar-refractivity contribution in [2.45, 2.75) is 13.8 Å². The first-order valence-corrected chi connectivity index (χ1v) is 9.96. The van der Waals surface area contributed by atoms with Gasteiger partial charge < -0.3 is 4.90 Å². The summed E-state index contributed by atoms with van der Waals surface area (Å²) in [6, 6.07) is 36.4. The van der Waals surface area contributed by atoms with Crippen molar-refractivity contribution in [3.8, 4) is 0 Å². The molecular formula is C28H25N. The van der Waals surface area contributed by atoms with Crippen molar-refractivity contribution in [1.82, 2.24) is 0 Å². The van der Waals surface area contributed by atoms with E-state index in [-0.39, 0.29) is 0 Å². The molecule has 0 fully saturated rings. The van der Waals surface area contributed by atoms with Crippen LogP contribution in [0, 0.1) is 13.8 Å². The molecule has 0 bridgehead atoms. The van der Waals surface area contributed by atoms with Gasteiger partial charge in [-0.2, -0.15) is 0 Å². The molecule has 29 heavy (non-hydrogen) atoms. The van der Waals surface area contributed by atoms with Gasteiger partial charge in [-0.05, 0) is 61.4 Å². The number of benzene rings is 4. The van der Waals surface area contributed by atoms with Crippen LogP contribution in [0.15, 0.2) is 103 Å². The molecule has 0 aliphatic rings. The van der Waals surface area contributed by atoms with Crippen LogP contribution in [0.1, 0.15) is 22.3 Å². The average molecular weight is 376 g/mol. The van der Waals surface area contributed by atoms with Gasteiger partial charge >= 0.3 is 0 Å². The highest BCUT2D eigenvalue weighted by Crippen LogP contribution is 2.34. The van der Waals surface area contributed by atoms with Crippen LogP contribution in [0.5, 0.6) is 0 Å². The van der Waals surface area contributed by atoms with E-state index in [9.17, 15) is 0 Å². The lowest BCUT2D eigenvalue weighted by Crippen LogP contribution is -2.09. The Kier molecular flexibility index (Phi) is 5.58. The number of aryl methyl sites for hydroxylation is 2. The molecule has 0 aliphatic carbocycles. The minimum absolute atomic E-state index is 1.15. The standard InChI is InChI=1S/C28H25N/c1-22-8-12-24(13-9-22)14-15-25-16-20-28(21-17-25)29(26-6-4-3-5-7-26)27-18-10-23(2)11-19-27/h3-21H,1-2H3/b15-14+. The van der Waals surface area contributed by atoms with Crippen LogP contribution in [-0.2, 0) is 0 Å². The summed E-state index contributed by atoms with van der Waals surface area (Å²) >= 11 is 0. The summed E-state index contributed by atoms with van der Waals surface area (Å²) in [6.07, 6.45) is 4.32. The molecule has 4 aromatic rings. The maximum Gasteiger partial charge on any atom is 0.0462 e. The molecule has 0 saturated heterocycles. The maximum absolute atomic E-state index is 2.28. The highest BCUT2D eigenvalue weighted by molar-refractivity contribution is 5.78. The highest BCUT2D eigenvalue weighted by atomic mass is 15.1. The van der Waals surface area contributed by atoms with Gasteiger partial charge in [0.05, 0.1) is 0 Å². The molecule has 142 valence electrons. The van der Waals surface area contributed by atoms with Gasteiger partial charge in [0, 0.05) is 17.1 Å². The topological polar surface area (TPSA) is 3.24 Å². The number of rotatable bonds is 5. The molecule has 0 radical (unpaired) electrons. The van der Waals surface area contributed by atoms with Crippen LogP contribution in [0.4, 0.5) is 17.1 Å². The molecule has 0 aliphatic heterocycles. The van der Waals surface area contributed by atoms with E-state index in [4.69, 9.17) is 0 Å². The molecule has 0 atom stereocenters. The lowest BCUT2D eigenvalue weighted by molar-refractivity contribution is 1.27. The minimum atomic E-state index is 1.15. The van der Waals surface area contributed by atoms with E-state index in [0.717, 1.165) is 17.1 Å². The second-order valence-electron chi connectivity index (χ2n) is 7.34. The van der Waals surface area contributed by atoms with E-state index in [1.54, 1.807) is 0 Å². The molecule has 0 aromatic heterocycles. The summed E-state index contributed by atoms with van der Waals surface area (Å²) in [7, 11) is 0. The number of nitrogens with zero attached hydrogens (tertiary/aromatic N) is 1. The Balaban J connectivity index is 1.63. The van der Waals surface area contributed by atoms with Gasteiger partial charge in [-0.1, -0.05) is 90.0 Å². The summed E-state index contributed by atoms with van der Waals surface area (Å²) in [6.45, 7) is 4.23. The molecule has 0 amide bonds. The van der Waals surface area contributed by atoms with Gasteiger partial charge in [0.15, 0.2) is 0 Å². The van der Waals surface area contributed by atoms with Crippen LogP contribution >= 0.6 is 0 Å². The first-order chi connectivity index (χ1) is 14.2. The van der Waals surface area contributed by atoms with E-state index in [1.165, 1.54) is 22.3 Å². The van der Waals surface area contributed by atoms with Crippen LogP contribution in [0.3, 0.4) is 0 Å². The summed E-state index contributed by atoms with van der Waals surface area (Å²) < 4.78 is 0. The van der Waals surface area contributed by atoms with Gasteiger partial charge in [0.1, 0.15) is 0 Å². The Hall–Kier alpha value is -3.58. The SMILES string of the molecule is Cc1ccc(/C=C/c2ccc(N(c3ccccc3)c3ccc(C)cc3)cc2)cc1. The van der Waals surface area contributed by atoms with Gasteiger partial charge in [0.25, 0.3) is 0 Å². The zero-order valence-corrected chi connectivity index (χ0v) is 16.9. The molecule has 1 nitrogen and oxygen atoms in total. The van der Waals surface area contributed by atoms with Gasteiger partial charge in [0.2, 0.25) is 0 Å². The van der Waals surface area contributed by atoms with Crippen molar-refractivity contribution in [3.63, 3.8) is 0 Å². The third-order valence-corrected chi connectivity index (χ3v) is 5.00. The van der Waals surface area contributed by atoms with Crippen molar-refractivity contribution in [1.29, 1.82) is 0 Å². The van der Waals surface area contributed by atoms with E-state index >= 15 is 0 Å². The fourth-order valence-electron chi connectivity index (χ4n) is 3.32. The number of hydrogen-bond acceptors (Lipinski definition) is 1. The molecule has 4 rings (SSSR count). The predicted octanol–water partition coefficient (Wildman–Crippen LogP) is 7.94. The normalized spacial score (nSPS) is 11.0. The van der Waals surface area contributed by atoms with Crippen molar-refractivity contribution >= 4 is 29.2 Å². The Morgan fingerprint density at radius 1 is 0.448 bits per heavy atom. The number of para-hydroxylation sites is 1. The van der Waals surface area contributed by atoms with Gasteiger partial charge in [-0.3, -0.25) is 0 Å². The molecular weight excluding hydrogens is 350 g/mol. The average Bonchev–Trinajstić information content (AvgIpc) is 2.77. The zero-order chi connectivity index (χ0) is 20.1. The van der Waals surface area contributed by atoms with Crippen LogP contribution < -0.4 is 4.90 Å². The number of hydrogen-bond donors (Lipinski definition) is 0. The fraction of sp³-hybridized carbons (Fsp3) is 0.0714. The van der Waals surface area contributed by atoms with E-state index < -0.39 is 0 Å². The number of anilines is 3. The van der Waals surface area contributed by atoms with E-state index in [1.807, 2.05) is 0 Å². The Morgan fingerprint density at radius 3 is 1.34 bits per heavy atom. The quantitative estimate of drug-likeness (QED) is 0.320. The van der Waals surface area contributed by atoms with Crippen molar-refractivity contribution in [2.24, 2.45) is 0 Å². The Morgan fingerprint density at radius 2 is 0.828 bits per heavy atom. The van der Waals surface area contributed by atoms with Crippen molar-refractivity contribution in [3.05, 3.63) is 125 Å². The van der Waals surface area contributed by atoms with E-state index in [0.29, 0.717) is 0 Å². The monoisotopic (exact) mass is 375 g/mol. The molecule has 0 saturated carbocycles. The Labute approximate surface area is 173 Å². The second-order valence-corrected chi connectivity index (χ2v) is 7.34. The first-order valence-electron chi connectivity index (χ1n) is 9.96. The molecule has 0 unspecified atom stereocenters. The van der Waals surface area contributed by atoms with Crippen molar-refractivity contribution < 1.29 is 0 Å². The summed E-state index contributed by atoms with van der Waals surface area (Å²) in [4.78, 5) is 2.28. The second kappa shape index (κ2) is 8.62. The molecule has 0 N–H and O–H groups in total. The van der Waals surface area contributed by atoms with Crippen LogP contribution in [-0.4, -0.2) is 0 Å². The smallest absolute Gasteiger partial charge is 0.0462 e. The third-order valence-electron chi connectivity index (χ3n) is 5.00. The molecule has 1 heteroatoms. The molecule has 0 heterocycles. The highest BCUT2D eigenvalue weighted by Gasteiger charge is 2.11. The Bertz CT molecular complexity index is 1070.